The van der Waals surface area contributed by atoms with E-state index < -0.39 is 5.97 Å². The summed E-state index contributed by atoms with van der Waals surface area (Å²) in [7, 11) is 0. The van der Waals surface area contributed by atoms with Crippen molar-refractivity contribution in [3.05, 3.63) is 35.9 Å². The number of carboxylic acids is 1. The standard InChI is InChI=1S/C16H17NO4/c18-16(19)13-9-15(17-14-4-2-1-3-12(13)14)21-10-11-5-7-20-8-6-11/h1-4,9,11H,5-8,10H2,(H,18,19). The molecule has 1 fully saturated rings. The quantitative estimate of drug-likeness (QED) is 0.936. The molecule has 0 unspecified atom stereocenters. The van der Waals surface area contributed by atoms with Crippen LogP contribution in [0.2, 0.25) is 0 Å². The highest BCUT2D eigenvalue weighted by molar-refractivity contribution is 6.02. The molecular weight excluding hydrogens is 270 g/mol. The fraction of sp³-hybridized carbons (Fsp3) is 0.375. The van der Waals surface area contributed by atoms with E-state index >= 15 is 0 Å². The Morgan fingerprint density at radius 2 is 2.10 bits per heavy atom. The predicted molar refractivity (Wildman–Crippen MR) is 77.7 cm³/mol. The van der Waals surface area contributed by atoms with E-state index in [1.54, 1.807) is 18.2 Å². The van der Waals surface area contributed by atoms with Crippen LogP contribution >= 0.6 is 0 Å². The van der Waals surface area contributed by atoms with Crippen molar-refractivity contribution in [2.24, 2.45) is 5.92 Å². The van der Waals surface area contributed by atoms with Gasteiger partial charge in [-0.15, -0.1) is 0 Å². The number of ether oxygens (including phenoxy) is 2. The van der Waals surface area contributed by atoms with Gasteiger partial charge in [0, 0.05) is 24.7 Å². The Labute approximate surface area is 122 Å². The Morgan fingerprint density at radius 1 is 1.33 bits per heavy atom. The van der Waals surface area contributed by atoms with Gasteiger partial charge in [-0.05, 0) is 24.8 Å². The first kappa shape index (κ1) is 13.8. The molecule has 2 aromatic rings. The van der Waals surface area contributed by atoms with Gasteiger partial charge in [-0.1, -0.05) is 18.2 Å². The van der Waals surface area contributed by atoms with Crippen LogP contribution in [0.25, 0.3) is 10.9 Å². The Balaban J connectivity index is 1.83. The average molecular weight is 287 g/mol. The van der Waals surface area contributed by atoms with Crippen LogP contribution in [0, 0.1) is 5.92 Å². The van der Waals surface area contributed by atoms with Gasteiger partial charge in [-0.25, -0.2) is 9.78 Å². The van der Waals surface area contributed by atoms with Crippen LogP contribution in [0.3, 0.4) is 0 Å². The molecule has 0 amide bonds. The van der Waals surface area contributed by atoms with Gasteiger partial charge in [0.25, 0.3) is 0 Å². The van der Waals surface area contributed by atoms with E-state index in [-0.39, 0.29) is 5.56 Å². The van der Waals surface area contributed by atoms with Gasteiger partial charge in [-0.2, -0.15) is 0 Å². The van der Waals surface area contributed by atoms with Crippen molar-refractivity contribution in [3.63, 3.8) is 0 Å². The lowest BCUT2D eigenvalue weighted by Gasteiger charge is -2.21. The summed E-state index contributed by atoms with van der Waals surface area (Å²) in [4.78, 5) is 15.8. The van der Waals surface area contributed by atoms with E-state index in [4.69, 9.17) is 9.47 Å². The molecule has 2 heterocycles. The molecule has 0 bridgehead atoms. The van der Waals surface area contributed by atoms with Crippen molar-refractivity contribution < 1.29 is 19.4 Å². The first-order valence-corrected chi connectivity index (χ1v) is 7.07. The van der Waals surface area contributed by atoms with E-state index in [0.717, 1.165) is 26.1 Å². The number of hydrogen-bond acceptors (Lipinski definition) is 4. The molecule has 1 aliphatic rings. The number of hydrogen-bond donors (Lipinski definition) is 1. The van der Waals surface area contributed by atoms with Crippen LogP contribution in [0.4, 0.5) is 0 Å². The second-order valence-electron chi connectivity index (χ2n) is 5.20. The van der Waals surface area contributed by atoms with Crippen molar-refractivity contribution in [1.82, 2.24) is 4.98 Å². The van der Waals surface area contributed by atoms with Gasteiger partial charge in [0.05, 0.1) is 17.7 Å². The molecule has 1 saturated heterocycles. The van der Waals surface area contributed by atoms with Gasteiger partial charge in [0.2, 0.25) is 5.88 Å². The van der Waals surface area contributed by atoms with Gasteiger partial charge in [0.15, 0.2) is 0 Å². The Hall–Kier alpha value is -2.14. The smallest absolute Gasteiger partial charge is 0.336 e. The molecule has 0 spiro atoms. The van der Waals surface area contributed by atoms with Crippen molar-refractivity contribution in [1.29, 1.82) is 0 Å². The summed E-state index contributed by atoms with van der Waals surface area (Å²) in [5, 5.41) is 9.95. The molecule has 5 nitrogen and oxygen atoms in total. The number of benzene rings is 1. The van der Waals surface area contributed by atoms with E-state index in [2.05, 4.69) is 4.98 Å². The maximum Gasteiger partial charge on any atom is 0.336 e. The molecule has 1 N–H and O–H groups in total. The molecule has 1 aromatic carbocycles. The number of fused-ring (bicyclic) bond motifs is 1. The number of nitrogens with zero attached hydrogens (tertiary/aromatic N) is 1. The molecule has 21 heavy (non-hydrogen) atoms. The summed E-state index contributed by atoms with van der Waals surface area (Å²) < 4.78 is 11.0. The second kappa shape index (κ2) is 6.10. The summed E-state index contributed by atoms with van der Waals surface area (Å²) in [6.45, 7) is 2.08. The molecule has 1 aliphatic heterocycles. The number of carbonyl (C=O) groups is 1. The first-order valence-electron chi connectivity index (χ1n) is 7.07. The normalized spacial score (nSPS) is 16.0. The topological polar surface area (TPSA) is 68.7 Å². The highest BCUT2D eigenvalue weighted by Crippen LogP contribution is 2.23. The lowest BCUT2D eigenvalue weighted by Crippen LogP contribution is -2.21. The molecule has 1 aromatic heterocycles. The lowest BCUT2D eigenvalue weighted by molar-refractivity contribution is 0.0490. The summed E-state index contributed by atoms with van der Waals surface area (Å²) >= 11 is 0. The minimum atomic E-state index is -0.968. The third-order valence-electron chi connectivity index (χ3n) is 3.73. The zero-order valence-electron chi connectivity index (χ0n) is 11.6. The zero-order valence-corrected chi connectivity index (χ0v) is 11.6. The average Bonchev–Trinajstić information content (AvgIpc) is 2.53. The summed E-state index contributed by atoms with van der Waals surface area (Å²) in [6.07, 6.45) is 1.94. The Bertz CT molecular complexity index is 650. The molecular formula is C16H17NO4. The summed E-state index contributed by atoms with van der Waals surface area (Å²) in [5.41, 5.74) is 0.863. The van der Waals surface area contributed by atoms with E-state index in [0.29, 0.717) is 29.3 Å². The Morgan fingerprint density at radius 3 is 2.86 bits per heavy atom. The van der Waals surface area contributed by atoms with Gasteiger partial charge < -0.3 is 14.6 Å². The lowest BCUT2D eigenvalue weighted by atomic mass is 10.0. The van der Waals surface area contributed by atoms with Crippen LogP contribution in [0.1, 0.15) is 23.2 Å². The number of rotatable bonds is 4. The van der Waals surface area contributed by atoms with Crippen molar-refractivity contribution in [2.75, 3.05) is 19.8 Å². The van der Waals surface area contributed by atoms with Crippen LogP contribution in [-0.2, 0) is 4.74 Å². The molecule has 0 aliphatic carbocycles. The molecule has 5 heteroatoms. The minimum absolute atomic E-state index is 0.225. The minimum Gasteiger partial charge on any atom is -0.478 e. The highest BCUT2D eigenvalue weighted by Gasteiger charge is 2.16. The van der Waals surface area contributed by atoms with E-state index in [9.17, 15) is 9.90 Å². The van der Waals surface area contributed by atoms with Crippen molar-refractivity contribution in [3.8, 4) is 5.88 Å². The largest absolute Gasteiger partial charge is 0.478 e. The monoisotopic (exact) mass is 287 g/mol. The van der Waals surface area contributed by atoms with Crippen LogP contribution in [0.5, 0.6) is 5.88 Å². The second-order valence-corrected chi connectivity index (χ2v) is 5.20. The van der Waals surface area contributed by atoms with E-state index in [1.807, 2.05) is 6.07 Å². The fourth-order valence-electron chi connectivity index (χ4n) is 2.52. The van der Waals surface area contributed by atoms with Crippen LogP contribution < -0.4 is 4.74 Å². The maximum atomic E-state index is 11.4. The number of aromatic nitrogens is 1. The van der Waals surface area contributed by atoms with Crippen LogP contribution in [-0.4, -0.2) is 35.9 Å². The van der Waals surface area contributed by atoms with Gasteiger partial charge in [0.1, 0.15) is 0 Å². The third-order valence-corrected chi connectivity index (χ3v) is 3.73. The van der Waals surface area contributed by atoms with Gasteiger partial charge in [-0.3, -0.25) is 0 Å². The molecule has 110 valence electrons. The zero-order chi connectivity index (χ0) is 14.7. The number of carboxylic acid groups (broad SMARTS) is 1. The molecule has 0 atom stereocenters. The van der Waals surface area contributed by atoms with Crippen molar-refractivity contribution >= 4 is 16.9 Å². The van der Waals surface area contributed by atoms with Gasteiger partial charge >= 0.3 is 5.97 Å². The van der Waals surface area contributed by atoms with Crippen molar-refractivity contribution in [2.45, 2.75) is 12.8 Å². The number of aromatic carboxylic acids is 1. The predicted octanol–water partition coefficient (Wildman–Crippen LogP) is 2.74. The number of para-hydroxylation sites is 1. The molecule has 0 radical (unpaired) electrons. The highest BCUT2D eigenvalue weighted by atomic mass is 16.5. The molecule has 3 rings (SSSR count). The Kier molecular flexibility index (Phi) is 4.01. The van der Waals surface area contributed by atoms with Crippen LogP contribution in [0.15, 0.2) is 30.3 Å². The first-order chi connectivity index (χ1) is 10.2. The SMILES string of the molecule is O=C(O)c1cc(OCC2CCOCC2)nc2ccccc12. The third kappa shape index (κ3) is 3.13. The summed E-state index contributed by atoms with van der Waals surface area (Å²) in [6, 6.07) is 8.70. The number of pyridine rings is 1. The van der Waals surface area contributed by atoms with E-state index in [1.165, 1.54) is 6.07 Å². The summed E-state index contributed by atoms with van der Waals surface area (Å²) in [5.74, 6) is -0.151. The maximum absolute atomic E-state index is 11.4. The fourth-order valence-corrected chi connectivity index (χ4v) is 2.52. The molecule has 0 saturated carbocycles.